The molecule has 2 aromatic carbocycles. The van der Waals surface area contributed by atoms with Crippen molar-refractivity contribution in [3.8, 4) is 0 Å². The minimum absolute atomic E-state index is 0.320. The van der Waals surface area contributed by atoms with E-state index in [1.54, 1.807) is 24.5 Å². The molecule has 6 heteroatoms. The molecular weight excluding hydrogens is 354 g/mol. The predicted molar refractivity (Wildman–Crippen MR) is 110 cm³/mol. The molecule has 28 heavy (non-hydrogen) atoms. The van der Waals surface area contributed by atoms with E-state index in [9.17, 15) is 14.7 Å². The number of fused-ring (bicyclic) bond motifs is 2. The Morgan fingerprint density at radius 2 is 1.68 bits per heavy atom. The zero-order valence-corrected chi connectivity index (χ0v) is 16.4. The number of carboxylic acid groups (broad SMARTS) is 1. The molecule has 0 saturated heterocycles. The molecule has 0 radical (unpaired) electrons. The third kappa shape index (κ3) is 2.48. The van der Waals surface area contributed by atoms with Crippen LogP contribution in [0.25, 0.3) is 21.9 Å². The predicted octanol–water partition coefficient (Wildman–Crippen LogP) is 3.47. The molecule has 0 spiro atoms. The third-order valence-electron chi connectivity index (χ3n) is 5.55. The summed E-state index contributed by atoms with van der Waals surface area (Å²) >= 11 is 0. The molecule has 0 amide bonds. The molecule has 4 rings (SSSR count). The van der Waals surface area contributed by atoms with E-state index < -0.39 is 11.5 Å². The number of hydrogen-bond acceptors (Lipinski definition) is 2. The summed E-state index contributed by atoms with van der Waals surface area (Å²) in [5.74, 6) is -1.04. The zero-order chi connectivity index (χ0) is 20.2. The van der Waals surface area contributed by atoms with Gasteiger partial charge in [0.25, 0.3) is 0 Å². The zero-order valence-electron chi connectivity index (χ0n) is 16.4. The van der Waals surface area contributed by atoms with E-state index in [1.807, 2.05) is 37.5 Å². The number of aromatic nitrogens is 3. The fourth-order valence-corrected chi connectivity index (χ4v) is 4.02. The quantitative estimate of drug-likeness (QED) is 0.592. The number of aryl methyl sites for hydroxylation is 2. The first-order valence-electron chi connectivity index (χ1n) is 9.21. The highest BCUT2D eigenvalue weighted by atomic mass is 16.4. The number of para-hydroxylation sites is 2. The van der Waals surface area contributed by atoms with E-state index in [0.717, 1.165) is 27.5 Å². The number of carboxylic acids is 1. The molecule has 0 saturated carbocycles. The average Bonchev–Trinajstić information content (AvgIpc) is 3.11. The Kier molecular flexibility index (Phi) is 3.96. The van der Waals surface area contributed by atoms with Crippen molar-refractivity contribution in [2.24, 2.45) is 7.05 Å². The van der Waals surface area contributed by atoms with Crippen molar-refractivity contribution in [1.29, 1.82) is 0 Å². The van der Waals surface area contributed by atoms with Crippen LogP contribution < -0.4 is 5.69 Å². The summed E-state index contributed by atoms with van der Waals surface area (Å²) < 4.78 is 5.10. The molecule has 4 aromatic rings. The van der Waals surface area contributed by atoms with Crippen LogP contribution in [0.1, 0.15) is 25.0 Å². The van der Waals surface area contributed by atoms with E-state index in [4.69, 9.17) is 0 Å². The van der Waals surface area contributed by atoms with Crippen LogP contribution >= 0.6 is 0 Å². The molecule has 2 aromatic heterocycles. The van der Waals surface area contributed by atoms with Gasteiger partial charge in [-0.15, -0.1) is 0 Å². The van der Waals surface area contributed by atoms with Crippen LogP contribution in [0.4, 0.5) is 0 Å². The number of hydrogen-bond donors (Lipinski definition) is 1. The number of rotatable bonds is 4. The van der Waals surface area contributed by atoms with Gasteiger partial charge in [0.2, 0.25) is 0 Å². The Morgan fingerprint density at radius 1 is 1.04 bits per heavy atom. The first kappa shape index (κ1) is 18.1. The summed E-state index contributed by atoms with van der Waals surface area (Å²) in [5, 5.41) is 10.8. The largest absolute Gasteiger partial charge is 0.480 e. The Labute approximate surface area is 162 Å². The monoisotopic (exact) mass is 377 g/mol. The first-order chi connectivity index (χ1) is 13.2. The van der Waals surface area contributed by atoms with Crippen molar-refractivity contribution in [3.05, 3.63) is 70.3 Å². The first-order valence-corrected chi connectivity index (χ1v) is 9.21. The Morgan fingerprint density at radius 3 is 2.36 bits per heavy atom. The highest BCUT2D eigenvalue weighted by molar-refractivity contribution is 5.87. The minimum Gasteiger partial charge on any atom is -0.480 e. The second-order valence-corrected chi connectivity index (χ2v) is 7.79. The van der Waals surface area contributed by atoms with Crippen LogP contribution in [0.3, 0.4) is 0 Å². The molecule has 0 aliphatic heterocycles. The maximum absolute atomic E-state index is 13.3. The molecule has 0 bridgehead atoms. The van der Waals surface area contributed by atoms with Gasteiger partial charge in [-0.3, -0.25) is 9.13 Å². The SMILES string of the molecule is Cc1cccc2c1c(Cn1c(=O)n(C(C)(C)C(=O)O)c3ccccc31)cn2C. The number of aliphatic carboxylic acids is 1. The van der Waals surface area contributed by atoms with Gasteiger partial charge in [0.05, 0.1) is 17.6 Å². The molecule has 0 fully saturated rings. The van der Waals surface area contributed by atoms with Crippen LogP contribution in [-0.2, 0) is 23.9 Å². The lowest BCUT2D eigenvalue weighted by molar-refractivity contribution is -0.145. The highest BCUT2D eigenvalue weighted by Crippen LogP contribution is 2.27. The lowest BCUT2D eigenvalue weighted by atomic mass is 10.1. The van der Waals surface area contributed by atoms with Crippen LogP contribution in [0.5, 0.6) is 0 Å². The second-order valence-electron chi connectivity index (χ2n) is 7.79. The van der Waals surface area contributed by atoms with Gasteiger partial charge >= 0.3 is 11.7 Å². The maximum atomic E-state index is 13.3. The second kappa shape index (κ2) is 6.12. The number of nitrogens with zero attached hydrogens (tertiary/aromatic N) is 3. The number of carbonyl (C=O) groups is 1. The van der Waals surface area contributed by atoms with E-state index in [-0.39, 0.29) is 5.69 Å². The molecule has 144 valence electrons. The summed E-state index contributed by atoms with van der Waals surface area (Å²) in [6.45, 7) is 5.54. The van der Waals surface area contributed by atoms with Gasteiger partial charge in [-0.2, -0.15) is 0 Å². The van der Waals surface area contributed by atoms with E-state index in [0.29, 0.717) is 12.1 Å². The molecule has 0 unspecified atom stereocenters. The average molecular weight is 377 g/mol. The standard InChI is InChI=1S/C22H23N3O3/c1-14-8-7-11-18-19(14)15(12-23(18)4)13-24-16-9-5-6-10-17(16)25(21(24)28)22(2,3)20(26)27/h5-12H,13H2,1-4H3,(H,26,27). The van der Waals surface area contributed by atoms with Crippen LogP contribution in [0.2, 0.25) is 0 Å². The maximum Gasteiger partial charge on any atom is 0.330 e. The fraction of sp³-hybridized carbons (Fsp3) is 0.273. The van der Waals surface area contributed by atoms with Crippen molar-refractivity contribution in [2.45, 2.75) is 32.9 Å². The number of imidazole rings is 1. The molecule has 0 atom stereocenters. The van der Waals surface area contributed by atoms with Gasteiger partial charge in [-0.1, -0.05) is 24.3 Å². The fourth-order valence-electron chi connectivity index (χ4n) is 4.02. The van der Waals surface area contributed by atoms with Gasteiger partial charge in [-0.25, -0.2) is 9.59 Å². The Balaban J connectivity index is 1.99. The minimum atomic E-state index is -1.35. The summed E-state index contributed by atoms with van der Waals surface area (Å²) in [4.78, 5) is 25.2. The Bertz CT molecular complexity index is 1290. The summed E-state index contributed by atoms with van der Waals surface area (Å²) in [5.41, 5.74) is 2.97. The highest BCUT2D eigenvalue weighted by Gasteiger charge is 2.34. The smallest absolute Gasteiger partial charge is 0.330 e. The summed E-state index contributed by atoms with van der Waals surface area (Å²) in [6.07, 6.45) is 2.04. The van der Waals surface area contributed by atoms with Crippen LogP contribution in [-0.4, -0.2) is 24.8 Å². The summed E-state index contributed by atoms with van der Waals surface area (Å²) in [7, 11) is 1.99. The van der Waals surface area contributed by atoms with Crippen LogP contribution in [0, 0.1) is 6.92 Å². The third-order valence-corrected chi connectivity index (χ3v) is 5.55. The lowest BCUT2D eigenvalue weighted by Crippen LogP contribution is -2.43. The molecule has 0 aliphatic carbocycles. The van der Waals surface area contributed by atoms with E-state index in [1.165, 1.54) is 4.57 Å². The molecule has 2 heterocycles. The lowest BCUT2D eigenvalue weighted by Gasteiger charge is -2.21. The van der Waals surface area contributed by atoms with Crippen molar-refractivity contribution in [3.63, 3.8) is 0 Å². The molecule has 6 nitrogen and oxygen atoms in total. The molecule has 1 N–H and O–H groups in total. The van der Waals surface area contributed by atoms with Gasteiger partial charge in [0, 0.05) is 24.1 Å². The summed E-state index contributed by atoms with van der Waals surface area (Å²) in [6, 6.07) is 13.5. The van der Waals surface area contributed by atoms with Crippen LogP contribution in [0.15, 0.2) is 53.5 Å². The van der Waals surface area contributed by atoms with Gasteiger partial charge in [0.1, 0.15) is 5.54 Å². The normalized spacial score (nSPS) is 12.1. The van der Waals surface area contributed by atoms with E-state index >= 15 is 0 Å². The Hall–Kier alpha value is -3.28. The van der Waals surface area contributed by atoms with Crippen molar-refractivity contribution >= 4 is 27.9 Å². The number of benzene rings is 2. The topological polar surface area (TPSA) is 69.2 Å². The van der Waals surface area contributed by atoms with Crippen molar-refractivity contribution < 1.29 is 9.90 Å². The van der Waals surface area contributed by atoms with Gasteiger partial charge in [0.15, 0.2) is 0 Å². The van der Waals surface area contributed by atoms with Gasteiger partial charge in [-0.05, 0) is 50.1 Å². The van der Waals surface area contributed by atoms with Gasteiger partial charge < -0.3 is 9.67 Å². The van der Waals surface area contributed by atoms with Crippen molar-refractivity contribution in [2.75, 3.05) is 0 Å². The van der Waals surface area contributed by atoms with E-state index in [2.05, 4.69) is 23.6 Å². The van der Waals surface area contributed by atoms with Crippen molar-refractivity contribution in [1.82, 2.24) is 13.7 Å². The molecular formula is C22H23N3O3. The molecule has 0 aliphatic rings.